The first-order chi connectivity index (χ1) is 17.8. The van der Waals surface area contributed by atoms with Crippen molar-refractivity contribution in [2.24, 2.45) is 5.73 Å². The molecule has 2 aliphatic rings. The van der Waals surface area contributed by atoms with Crippen LogP contribution in [-0.2, 0) is 19.1 Å². The summed E-state index contributed by atoms with van der Waals surface area (Å²) in [6, 6.07) is 15.4. The predicted molar refractivity (Wildman–Crippen MR) is 138 cm³/mol. The maximum atomic E-state index is 12.9. The van der Waals surface area contributed by atoms with Gasteiger partial charge >= 0.3 is 6.09 Å². The molecule has 0 spiro atoms. The van der Waals surface area contributed by atoms with Crippen LogP contribution in [0.2, 0.25) is 0 Å². The second-order valence-corrected chi connectivity index (χ2v) is 9.79. The van der Waals surface area contributed by atoms with Crippen molar-refractivity contribution in [1.29, 1.82) is 0 Å². The number of amides is 4. The summed E-state index contributed by atoms with van der Waals surface area (Å²) in [5.74, 6) is -1.39. The van der Waals surface area contributed by atoms with Crippen LogP contribution in [0.4, 0.5) is 4.79 Å². The lowest BCUT2D eigenvalue weighted by molar-refractivity contribution is -0.134. The number of ether oxygens (including phenoxy) is 1. The molecule has 1 fully saturated rings. The van der Waals surface area contributed by atoms with Crippen molar-refractivity contribution < 1.29 is 23.9 Å². The third kappa shape index (κ3) is 5.93. The average Bonchev–Trinajstić information content (AvgIpc) is 3.48. The Balaban J connectivity index is 1.26. The summed E-state index contributed by atoms with van der Waals surface area (Å²) >= 11 is 0. The lowest BCUT2D eigenvalue weighted by Gasteiger charge is -2.29. The zero-order valence-corrected chi connectivity index (χ0v) is 21.0. The Morgan fingerprint density at radius 1 is 1.00 bits per heavy atom. The molecule has 0 bridgehead atoms. The molecule has 0 heterocycles. The van der Waals surface area contributed by atoms with Gasteiger partial charge in [0.2, 0.25) is 17.7 Å². The standard InChI is InChI=1S/C28H34N4O5/c1-18(33)31-24(25(34)32-28(26(29)35)14-6-7-15-28)13-8-16-30-27(36)37-17-23-21-11-4-2-9-19(21)20-10-3-5-12-22(20)23/h2-5,9-12,23-24H,6-8,13-17H2,1H3,(H2,29,35)(H,30,36)(H,31,33)(H,32,34)/t24-/m0/s1. The highest BCUT2D eigenvalue weighted by atomic mass is 16.5. The molecule has 0 unspecified atom stereocenters. The molecule has 5 N–H and O–H groups in total. The van der Waals surface area contributed by atoms with Gasteiger partial charge in [0.05, 0.1) is 0 Å². The summed E-state index contributed by atoms with van der Waals surface area (Å²) in [5, 5.41) is 8.13. The number of hydrogen-bond donors (Lipinski definition) is 4. The van der Waals surface area contributed by atoms with Crippen molar-refractivity contribution >= 4 is 23.8 Å². The SMILES string of the molecule is CC(=O)N[C@@H](CCCNC(=O)OCC1c2ccccc2-c2ccccc21)C(=O)NC1(C(N)=O)CCCC1. The van der Waals surface area contributed by atoms with Gasteiger partial charge in [0.1, 0.15) is 18.2 Å². The van der Waals surface area contributed by atoms with E-state index in [4.69, 9.17) is 10.5 Å². The molecule has 37 heavy (non-hydrogen) atoms. The molecule has 2 aliphatic carbocycles. The minimum Gasteiger partial charge on any atom is -0.449 e. The van der Waals surface area contributed by atoms with E-state index < -0.39 is 29.5 Å². The second-order valence-electron chi connectivity index (χ2n) is 9.79. The Bertz CT molecular complexity index is 1130. The van der Waals surface area contributed by atoms with E-state index in [1.54, 1.807) is 0 Å². The van der Waals surface area contributed by atoms with Gasteiger partial charge in [-0.15, -0.1) is 0 Å². The number of nitrogens with two attached hydrogens (primary N) is 1. The Kier molecular flexibility index (Phi) is 8.11. The topological polar surface area (TPSA) is 140 Å². The molecule has 4 rings (SSSR count). The van der Waals surface area contributed by atoms with E-state index >= 15 is 0 Å². The highest BCUT2D eigenvalue weighted by Crippen LogP contribution is 2.44. The van der Waals surface area contributed by atoms with Crippen molar-refractivity contribution in [3.05, 3.63) is 59.7 Å². The van der Waals surface area contributed by atoms with Crippen molar-refractivity contribution in [1.82, 2.24) is 16.0 Å². The van der Waals surface area contributed by atoms with Gasteiger partial charge in [0.25, 0.3) is 0 Å². The van der Waals surface area contributed by atoms with Gasteiger partial charge in [-0.25, -0.2) is 4.79 Å². The highest BCUT2D eigenvalue weighted by Gasteiger charge is 2.42. The first kappa shape index (κ1) is 26.2. The number of hydrogen-bond acceptors (Lipinski definition) is 5. The molecule has 9 heteroatoms. The van der Waals surface area contributed by atoms with E-state index in [0.717, 1.165) is 35.1 Å². The zero-order chi connectivity index (χ0) is 26.4. The molecule has 1 atom stereocenters. The second kappa shape index (κ2) is 11.5. The van der Waals surface area contributed by atoms with Crippen LogP contribution in [0.25, 0.3) is 11.1 Å². The van der Waals surface area contributed by atoms with Gasteiger partial charge in [-0.2, -0.15) is 0 Å². The van der Waals surface area contributed by atoms with Gasteiger partial charge in [-0.1, -0.05) is 61.4 Å². The van der Waals surface area contributed by atoms with Crippen molar-refractivity contribution in [3.63, 3.8) is 0 Å². The molecule has 0 saturated heterocycles. The highest BCUT2D eigenvalue weighted by molar-refractivity contribution is 5.94. The number of nitrogens with one attached hydrogen (secondary N) is 3. The third-order valence-corrected chi connectivity index (χ3v) is 7.27. The Hall–Kier alpha value is -3.88. The summed E-state index contributed by atoms with van der Waals surface area (Å²) in [6.45, 7) is 1.81. The molecule has 9 nitrogen and oxygen atoms in total. The maximum absolute atomic E-state index is 12.9. The molecule has 2 aromatic carbocycles. The lowest BCUT2D eigenvalue weighted by Crippen LogP contribution is -2.60. The van der Waals surface area contributed by atoms with Gasteiger partial charge in [0.15, 0.2) is 0 Å². The van der Waals surface area contributed by atoms with Crippen molar-refractivity contribution in [2.45, 2.75) is 62.9 Å². The predicted octanol–water partition coefficient (Wildman–Crippen LogP) is 2.72. The van der Waals surface area contributed by atoms with Gasteiger partial charge in [-0.05, 0) is 47.9 Å². The van der Waals surface area contributed by atoms with E-state index in [1.165, 1.54) is 6.92 Å². The average molecular weight is 507 g/mol. The molecule has 0 radical (unpaired) electrons. The molecule has 1 saturated carbocycles. The quantitative estimate of drug-likeness (QED) is 0.367. The minimum atomic E-state index is -1.06. The Morgan fingerprint density at radius 3 is 2.16 bits per heavy atom. The fourth-order valence-electron chi connectivity index (χ4n) is 5.39. The molecule has 0 aromatic heterocycles. The van der Waals surface area contributed by atoms with Crippen LogP contribution in [-0.4, -0.2) is 48.5 Å². The third-order valence-electron chi connectivity index (χ3n) is 7.27. The van der Waals surface area contributed by atoms with Crippen molar-refractivity contribution in [3.8, 4) is 11.1 Å². The number of fused-ring (bicyclic) bond motifs is 3. The number of rotatable bonds is 10. The van der Waals surface area contributed by atoms with Crippen LogP contribution >= 0.6 is 0 Å². The number of carbonyl (C=O) groups is 4. The summed E-state index contributed by atoms with van der Waals surface area (Å²) in [6.07, 6.45) is 2.75. The molecular weight excluding hydrogens is 472 g/mol. The summed E-state index contributed by atoms with van der Waals surface area (Å²) in [5.41, 5.74) is 9.09. The maximum Gasteiger partial charge on any atom is 0.407 e. The molecule has 2 aromatic rings. The zero-order valence-electron chi connectivity index (χ0n) is 21.0. The van der Waals surface area contributed by atoms with E-state index in [-0.39, 0.29) is 31.4 Å². The largest absolute Gasteiger partial charge is 0.449 e. The molecular formula is C28H34N4O5. The van der Waals surface area contributed by atoms with E-state index in [2.05, 4.69) is 40.2 Å². The van der Waals surface area contributed by atoms with Crippen LogP contribution in [0.15, 0.2) is 48.5 Å². The number of benzene rings is 2. The molecule has 0 aliphatic heterocycles. The smallest absolute Gasteiger partial charge is 0.407 e. The Labute approximate surface area is 216 Å². The summed E-state index contributed by atoms with van der Waals surface area (Å²) in [4.78, 5) is 48.9. The van der Waals surface area contributed by atoms with E-state index in [0.29, 0.717) is 19.3 Å². The van der Waals surface area contributed by atoms with E-state index in [1.807, 2.05) is 24.3 Å². The minimum absolute atomic E-state index is 0.0286. The van der Waals surface area contributed by atoms with Crippen molar-refractivity contribution in [2.75, 3.05) is 13.2 Å². The number of alkyl carbamates (subject to hydrolysis) is 1. The lowest BCUT2D eigenvalue weighted by atomic mass is 9.95. The first-order valence-corrected chi connectivity index (χ1v) is 12.8. The van der Waals surface area contributed by atoms with Crippen LogP contribution in [0.3, 0.4) is 0 Å². The molecule has 4 amide bonds. The summed E-state index contributed by atoms with van der Waals surface area (Å²) in [7, 11) is 0. The molecule has 196 valence electrons. The monoisotopic (exact) mass is 506 g/mol. The van der Waals surface area contributed by atoms with Gasteiger partial charge in [0, 0.05) is 19.4 Å². The fraction of sp³-hybridized carbons (Fsp3) is 0.429. The van der Waals surface area contributed by atoms with Crippen LogP contribution in [0, 0.1) is 0 Å². The van der Waals surface area contributed by atoms with Crippen LogP contribution in [0.1, 0.15) is 62.5 Å². The number of primary amides is 1. The van der Waals surface area contributed by atoms with E-state index in [9.17, 15) is 19.2 Å². The summed E-state index contributed by atoms with van der Waals surface area (Å²) < 4.78 is 5.54. The first-order valence-electron chi connectivity index (χ1n) is 12.8. The van der Waals surface area contributed by atoms with Gasteiger partial charge in [-0.3, -0.25) is 14.4 Å². The van der Waals surface area contributed by atoms with Gasteiger partial charge < -0.3 is 26.4 Å². The Morgan fingerprint density at radius 2 is 1.59 bits per heavy atom. The fourth-order valence-corrected chi connectivity index (χ4v) is 5.39. The van der Waals surface area contributed by atoms with Crippen LogP contribution in [0.5, 0.6) is 0 Å². The number of carbonyl (C=O) groups excluding carboxylic acids is 4. The normalized spacial score (nSPS) is 16.2. The van der Waals surface area contributed by atoms with Crippen LogP contribution < -0.4 is 21.7 Å².